The van der Waals surface area contributed by atoms with E-state index in [0.29, 0.717) is 25.2 Å². The van der Waals surface area contributed by atoms with Crippen LogP contribution in [0.2, 0.25) is 0 Å². The van der Waals surface area contributed by atoms with E-state index in [1.807, 2.05) is 0 Å². The quantitative estimate of drug-likeness (QED) is 0.567. The van der Waals surface area contributed by atoms with E-state index in [0.717, 1.165) is 25.7 Å². The van der Waals surface area contributed by atoms with Crippen molar-refractivity contribution >= 4 is 0 Å². The Labute approximate surface area is 102 Å². The fourth-order valence-electron chi connectivity index (χ4n) is 3.32. The molecular weight excluding hydrogens is 220 g/mol. The van der Waals surface area contributed by atoms with Gasteiger partial charge < -0.3 is 20.4 Å². The molecule has 2 rings (SSSR count). The summed E-state index contributed by atoms with van der Waals surface area (Å²) in [4.78, 5) is 0. The van der Waals surface area contributed by atoms with Crippen LogP contribution in [0.1, 0.15) is 44.9 Å². The first-order valence-electron chi connectivity index (χ1n) is 6.78. The predicted molar refractivity (Wildman–Crippen MR) is 63.3 cm³/mol. The van der Waals surface area contributed by atoms with Gasteiger partial charge in [-0.2, -0.15) is 0 Å². The van der Waals surface area contributed by atoms with Gasteiger partial charge in [-0.15, -0.1) is 0 Å². The van der Waals surface area contributed by atoms with Crippen LogP contribution < -0.4 is 0 Å². The largest absolute Gasteiger partial charge is 0.393 e. The SMILES string of the molecule is OC1CCC(CC2CCC(O)C(O)C2)C(O)C1. The Bertz CT molecular complexity index is 246. The first kappa shape index (κ1) is 13.3. The zero-order valence-corrected chi connectivity index (χ0v) is 10.2. The van der Waals surface area contributed by atoms with Gasteiger partial charge in [-0.05, 0) is 56.8 Å². The van der Waals surface area contributed by atoms with Gasteiger partial charge in [0, 0.05) is 0 Å². The first-order valence-corrected chi connectivity index (χ1v) is 6.78. The van der Waals surface area contributed by atoms with E-state index in [2.05, 4.69) is 0 Å². The number of rotatable bonds is 2. The van der Waals surface area contributed by atoms with Gasteiger partial charge in [0.05, 0.1) is 24.4 Å². The molecule has 0 spiro atoms. The van der Waals surface area contributed by atoms with E-state index in [4.69, 9.17) is 0 Å². The van der Waals surface area contributed by atoms with Gasteiger partial charge in [0.25, 0.3) is 0 Å². The van der Waals surface area contributed by atoms with E-state index in [1.54, 1.807) is 0 Å². The molecule has 0 amide bonds. The topological polar surface area (TPSA) is 80.9 Å². The van der Waals surface area contributed by atoms with Crippen LogP contribution in [0.5, 0.6) is 0 Å². The van der Waals surface area contributed by atoms with Crippen molar-refractivity contribution in [3.05, 3.63) is 0 Å². The minimum Gasteiger partial charge on any atom is -0.393 e. The molecule has 4 nitrogen and oxygen atoms in total. The molecule has 17 heavy (non-hydrogen) atoms. The van der Waals surface area contributed by atoms with Crippen molar-refractivity contribution in [2.24, 2.45) is 11.8 Å². The second-order valence-corrected chi connectivity index (χ2v) is 5.84. The molecule has 4 N–H and O–H groups in total. The van der Waals surface area contributed by atoms with Crippen molar-refractivity contribution in [2.75, 3.05) is 0 Å². The Morgan fingerprint density at radius 3 is 2.12 bits per heavy atom. The number of aliphatic hydroxyl groups excluding tert-OH is 4. The molecule has 2 saturated carbocycles. The van der Waals surface area contributed by atoms with E-state index in [1.165, 1.54) is 0 Å². The fourth-order valence-corrected chi connectivity index (χ4v) is 3.32. The highest BCUT2D eigenvalue weighted by Crippen LogP contribution is 2.35. The summed E-state index contributed by atoms with van der Waals surface area (Å²) in [6.07, 6.45) is 3.39. The van der Waals surface area contributed by atoms with Crippen molar-refractivity contribution < 1.29 is 20.4 Å². The summed E-state index contributed by atoms with van der Waals surface area (Å²) >= 11 is 0. The Morgan fingerprint density at radius 2 is 1.47 bits per heavy atom. The molecule has 0 bridgehead atoms. The second-order valence-electron chi connectivity index (χ2n) is 5.84. The average Bonchev–Trinajstić information content (AvgIpc) is 2.27. The van der Waals surface area contributed by atoms with Crippen LogP contribution in [-0.2, 0) is 0 Å². The molecule has 0 aromatic carbocycles. The van der Waals surface area contributed by atoms with Gasteiger partial charge in [-0.25, -0.2) is 0 Å². The maximum absolute atomic E-state index is 9.92. The van der Waals surface area contributed by atoms with Crippen molar-refractivity contribution in [2.45, 2.75) is 69.4 Å². The monoisotopic (exact) mass is 244 g/mol. The van der Waals surface area contributed by atoms with Crippen molar-refractivity contribution in [3.8, 4) is 0 Å². The first-order chi connectivity index (χ1) is 8.06. The highest BCUT2D eigenvalue weighted by molar-refractivity contribution is 4.85. The molecule has 100 valence electrons. The van der Waals surface area contributed by atoms with Crippen LogP contribution in [-0.4, -0.2) is 44.8 Å². The lowest BCUT2D eigenvalue weighted by molar-refractivity contribution is -0.0428. The normalized spacial score (nSPS) is 48.0. The summed E-state index contributed by atoms with van der Waals surface area (Å²) in [6, 6.07) is 0. The number of hydrogen-bond donors (Lipinski definition) is 4. The Kier molecular flexibility index (Phi) is 4.42. The molecule has 2 fully saturated rings. The molecular formula is C13H24O4. The molecule has 6 unspecified atom stereocenters. The van der Waals surface area contributed by atoms with Gasteiger partial charge in [0.15, 0.2) is 0 Å². The standard InChI is InChI=1S/C13H24O4/c14-10-3-2-9(12(16)7-10)5-8-1-4-11(15)13(17)6-8/h8-17H,1-7H2. The highest BCUT2D eigenvalue weighted by atomic mass is 16.3. The van der Waals surface area contributed by atoms with Gasteiger partial charge in [0.2, 0.25) is 0 Å². The lowest BCUT2D eigenvalue weighted by atomic mass is 9.74. The summed E-state index contributed by atoms with van der Waals surface area (Å²) < 4.78 is 0. The maximum atomic E-state index is 9.92. The lowest BCUT2D eigenvalue weighted by Crippen LogP contribution is -2.37. The number of aliphatic hydroxyl groups is 4. The zero-order valence-electron chi connectivity index (χ0n) is 10.2. The van der Waals surface area contributed by atoms with Crippen LogP contribution in [0, 0.1) is 11.8 Å². The second kappa shape index (κ2) is 5.65. The third kappa shape index (κ3) is 3.41. The predicted octanol–water partition coefficient (Wildman–Crippen LogP) is 0.420. The third-order valence-corrected chi connectivity index (χ3v) is 4.45. The molecule has 6 atom stereocenters. The molecule has 2 aliphatic rings. The van der Waals surface area contributed by atoms with Crippen LogP contribution in [0.25, 0.3) is 0 Å². The molecule has 4 heteroatoms. The molecule has 0 radical (unpaired) electrons. The maximum Gasteiger partial charge on any atom is 0.0801 e. The average molecular weight is 244 g/mol. The molecule has 2 aliphatic carbocycles. The summed E-state index contributed by atoms with van der Waals surface area (Å²) in [6.45, 7) is 0. The minimum atomic E-state index is -0.597. The van der Waals surface area contributed by atoms with Crippen molar-refractivity contribution in [1.29, 1.82) is 0 Å². The zero-order chi connectivity index (χ0) is 12.4. The van der Waals surface area contributed by atoms with Crippen molar-refractivity contribution in [1.82, 2.24) is 0 Å². The molecule has 0 aromatic heterocycles. The van der Waals surface area contributed by atoms with Crippen LogP contribution in [0.4, 0.5) is 0 Å². The van der Waals surface area contributed by atoms with Gasteiger partial charge in [-0.3, -0.25) is 0 Å². The van der Waals surface area contributed by atoms with E-state index >= 15 is 0 Å². The van der Waals surface area contributed by atoms with Gasteiger partial charge in [0.1, 0.15) is 0 Å². The van der Waals surface area contributed by atoms with Crippen molar-refractivity contribution in [3.63, 3.8) is 0 Å². The van der Waals surface area contributed by atoms with E-state index in [9.17, 15) is 20.4 Å². The Hall–Kier alpha value is -0.160. The molecule has 0 heterocycles. The van der Waals surface area contributed by atoms with Gasteiger partial charge >= 0.3 is 0 Å². The Morgan fingerprint density at radius 1 is 0.706 bits per heavy atom. The molecule has 0 aliphatic heterocycles. The third-order valence-electron chi connectivity index (χ3n) is 4.45. The molecule has 0 aromatic rings. The lowest BCUT2D eigenvalue weighted by Gasteiger charge is -2.36. The minimum absolute atomic E-state index is 0.255. The highest BCUT2D eigenvalue weighted by Gasteiger charge is 2.33. The summed E-state index contributed by atoms with van der Waals surface area (Å²) in [7, 11) is 0. The Balaban J connectivity index is 1.81. The van der Waals surface area contributed by atoms with E-state index < -0.39 is 18.3 Å². The van der Waals surface area contributed by atoms with Crippen LogP contribution in [0.3, 0.4) is 0 Å². The summed E-state index contributed by atoms with van der Waals surface area (Å²) in [5.41, 5.74) is 0. The summed E-state index contributed by atoms with van der Waals surface area (Å²) in [5, 5.41) is 38.5. The van der Waals surface area contributed by atoms with Gasteiger partial charge in [-0.1, -0.05) is 0 Å². The molecule has 0 saturated heterocycles. The van der Waals surface area contributed by atoms with Crippen LogP contribution >= 0.6 is 0 Å². The summed E-state index contributed by atoms with van der Waals surface area (Å²) in [5.74, 6) is 0.661. The number of hydrogen-bond acceptors (Lipinski definition) is 4. The van der Waals surface area contributed by atoms with Crippen LogP contribution in [0.15, 0.2) is 0 Å². The smallest absolute Gasteiger partial charge is 0.0801 e. The van der Waals surface area contributed by atoms with E-state index in [-0.39, 0.29) is 12.0 Å². The fraction of sp³-hybridized carbons (Fsp3) is 1.00.